The molecule has 6 heteroatoms. The van der Waals surface area contributed by atoms with E-state index >= 15 is 0 Å². The number of nitrogens with zero attached hydrogens (tertiary/aromatic N) is 2. The monoisotopic (exact) mass is 419 g/mol. The van der Waals surface area contributed by atoms with E-state index in [1.807, 2.05) is 74.8 Å². The minimum atomic E-state index is -0.388. The van der Waals surface area contributed by atoms with Crippen molar-refractivity contribution in [3.8, 4) is 11.5 Å². The van der Waals surface area contributed by atoms with E-state index in [-0.39, 0.29) is 17.6 Å². The molecule has 1 aliphatic heterocycles. The van der Waals surface area contributed by atoms with Gasteiger partial charge in [0.25, 0.3) is 5.91 Å². The Kier molecular flexibility index (Phi) is 5.48. The average Bonchev–Trinajstić information content (AvgIpc) is 3.03. The summed E-state index contributed by atoms with van der Waals surface area (Å²) < 4.78 is 13.4. The number of hydrogen-bond donors (Lipinski definition) is 1. The maximum absolute atomic E-state index is 13.0. The van der Waals surface area contributed by atoms with Crippen LogP contribution in [0.2, 0.25) is 0 Å². The fraction of sp³-hybridized carbons (Fsp3) is 0.360. The van der Waals surface area contributed by atoms with Crippen molar-refractivity contribution in [2.24, 2.45) is 0 Å². The molecule has 0 radical (unpaired) electrons. The first-order valence-corrected chi connectivity index (χ1v) is 10.5. The van der Waals surface area contributed by atoms with Crippen molar-refractivity contribution in [3.63, 3.8) is 0 Å². The van der Waals surface area contributed by atoms with E-state index in [9.17, 15) is 4.79 Å². The largest absolute Gasteiger partial charge is 0.497 e. The molecule has 0 fully saturated rings. The molecular formula is C25H29N3O3. The van der Waals surface area contributed by atoms with Crippen LogP contribution in [0.3, 0.4) is 0 Å². The van der Waals surface area contributed by atoms with Gasteiger partial charge in [-0.05, 0) is 63.6 Å². The van der Waals surface area contributed by atoms with Crippen LogP contribution in [-0.4, -0.2) is 28.4 Å². The molecule has 2 aromatic carbocycles. The van der Waals surface area contributed by atoms with E-state index in [4.69, 9.17) is 9.47 Å². The number of aromatic nitrogens is 2. The van der Waals surface area contributed by atoms with Crippen LogP contribution >= 0.6 is 0 Å². The number of amides is 1. The van der Waals surface area contributed by atoms with Gasteiger partial charge in [-0.1, -0.05) is 12.1 Å². The summed E-state index contributed by atoms with van der Waals surface area (Å²) in [7, 11) is 1.63. The molecule has 0 saturated carbocycles. The summed E-state index contributed by atoms with van der Waals surface area (Å²) in [6.45, 7) is 8.78. The first-order chi connectivity index (χ1) is 14.7. The number of hydrogen-bond acceptors (Lipinski definition) is 4. The van der Waals surface area contributed by atoms with Gasteiger partial charge in [-0.15, -0.1) is 0 Å². The van der Waals surface area contributed by atoms with Gasteiger partial charge < -0.3 is 14.8 Å². The molecule has 1 N–H and O–H groups in total. The lowest BCUT2D eigenvalue weighted by molar-refractivity contribution is 0.0617. The SMILES string of the molecule is COc1ccc2c(c1)OC(C)(C)C[C@@H]2NC(=O)c1ccc(Cn2nc(C)cc2C)cc1. The van der Waals surface area contributed by atoms with Gasteiger partial charge in [0.15, 0.2) is 0 Å². The zero-order valence-corrected chi connectivity index (χ0v) is 18.7. The van der Waals surface area contributed by atoms with Crippen molar-refractivity contribution in [3.05, 3.63) is 76.6 Å². The van der Waals surface area contributed by atoms with Crippen LogP contribution in [0.1, 0.15) is 59.2 Å². The molecule has 0 unspecified atom stereocenters. The van der Waals surface area contributed by atoms with Gasteiger partial charge in [-0.3, -0.25) is 9.48 Å². The summed E-state index contributed by atoms with van der Waals surface area (Å²) in [5.41, 5.74) is 4.45. The van der Waals surface area contributed by atoms with Crippen LogP contribution in [0, 0.1) is 13.8 Å². The highest BCUT2D eigenvalue weighted by atomic mass is 16.5. The fourth-order valence-electron chi connectivity index (χ4n) is 4.10. The zero-order valence-electron chi connectivity index (χ0n) is 18.7. The van der Waals surface area contributed by atoms with Crippen molar-refractivity contribution in [1.82, 2.24) is 15.1 Å². The first-order valence-electron chi connectivity index (χ1n) is 10.5. The van der Waals surface area contributed by atoms with E-state index in [1.54, 1.807) is 7.11 Å². The minimum Gasteiger partial charge on any atom is -0.497 e. The second-order valence-corrected chi connectivity index (χ2v) is 8.78. The molecule has 31 heavy (non-hydrogen) atoms. The molecule has 0 spiro atoms. The van der Waals surface area contributed by atoms with Crippen LogP contribution < -0.4 is 14.8 Å². The molecule has 3 aromatic rings. The molecule has 0 bridgehead atoms. The number of ether oxygens (including phenoxy) is 2. The van der Waals surface area contributed by atoms with E-state index in [1.165, 1.54) is 0 Å². The molecule has 0 saturated heterocycles. The van der Waals surface area contributed by atoms with Crippen LogP contribution in [-0.2, 0) is 6.54 Å². The highest BCUT2D eigenvalue weighted by Crippen LogP contribution is 2.41. The number of carbonyl (C=O) groups is 1. The second kappa shape index (κ2) is 8.10. The van der Waals surface area contributed by atoms with Gasteiger partial charge in [0, 0.05) is 29.3 Å². The molecule has 1 amide bonds. The Hall–Kier alpha value is -3.28. The lowest BCUT2D eigenvalue weighted by atomic mass is 9.89. The number of fused-ring (bicyclic) bond motifs is 1. The molecule has 1 aromatic heterocycles. The normalized spacial score (nSPS) is 16.9. The Balaban J connectivity index is 1.50. The number of aryl methyl sites for hydroxylation is 2. The van der Waals surface area contributed by atoms with E-state index in [0.29, 0.717) is 18.5 Å². The summed E-state index contributed by atoms with van der Waals surface area (Å²) in [4.78, 5) is 13.0. The third kappa shape index (κ3) is 4.58. The topological polar surface area (TPSA) is 65.4 Å². The predicted molar refractivity (Wildman–Crippen MR) is 120 cm³/mol. The summed E-state index contributed by atoms with van der Waals surface area (Å²) in [5.74, 6) is 1.39. The first kappa shape index (κ1) is 21.0. The van der Waals surface area contributed by atoms with Crippen LogP contribution in [0.5, 0.6) is 11.5 Å². The van der Waals surface area contributed by atoms with Crippen LogP contribution in [0.25, 0.3) is 0 Å². The Morgan fingerprint density at radius 2 is 1.94 bits per heavy atom. The Morgan fingerprint density at radius 3 is 2.58 bits per heavy atom. The number of carbonyl (C=O) groups excluding carboxylic acids is 1. The van der Waals surface area contributed by atoms with Crippen LogP contribution in [0.15, 0.2) is 48.5 Å². The second-order valence-electron chi connectivity index (χ2n) is 8.78. The molecule has 162 valence electrons. The summed E-state index contributed by atoms with van der Waals surface area (Å²) in [5, 5.41) is 7.69. The third-order valence-corrected chi connectivity index (χ3v) is 5.64. The van der Waals surface area contributed by atoms with Gasteiger partial charge in [0.05, 0.1) is 25.4 Å². The average molecular weight is 420 g/mol. The molecule has 2 heterocycles. The number of benzene rings is 2. The van der Waals surface area contributed by atoms with Crippen molar-refractivity contribution in [2.45, 2.75) is 52.3 Å². The van der Waals surface area contributed by atoms with Gasteiger partial charge in [-0.25, -0.2) is 0 Å². The highest BCUT2D eigenvalue weighted by molar-refractivity contribution is 5.94. The molecule has 4 rings (SSSR count). The number of nitrogens with one attached hydrogen (secondary N) is 1. The van der Waals surface area contributed by atoms with Crippen LogP contribution in [0.4, 0.5) is 0 Å². The number of rotatable bonds is 5. The van der Waals surface area contributed by atoms with Gasteiger partial charge in [0.1, 0.15) is 17.1 Å². The highest BCUT2D eigenvalue weighted by Gasteiger charge is 2.35. The van der Waals surface area contributed by atoms with Crippen molar-refractivity contribution >= 4 is 5.91 Å². The van der Waals surface area contributed by atoms with E-state index in [0.717, 1.165) is 34.0 Å². The maximum atomic E-state index is 13.0. The van der Waals surface area contributed by atoms with Gasteiger partial charge in [-0.2, -0.15) is 5.10 Å². The maximum Gasteiger partial charge on any atom is 0.251 e. The summed E-state index contributed by atoms with van der Waals surface area (Å²) in [6, 6.07) is 15.4. The van der Waals surface area contributed by atoms with E-state index < -0.39 is 0 Å². The van der Waals surface area contributed by atoms with Crippen molar-refractivity contribution in [1.29, 1.82) is 0 Å². The molecule has 0 aliphatic carbocycles. The minimum absolute atomic E-state index is 0.0952. The predicted octanol–water partition coefficient (Wildman–Crippen LogP) is 4.59. The summed E-state index contributed by atoms with van der Waals surface area (Å²) in [6.07, 6.45) is 0.689. The Labute approximate surface area is 183 Å². The lowest BCUT2D eigenvalue weighted by Crippen LogP contribution is -2.41. The lowest BCUT2D eigenvalue weighted by Gasteiger charge is -2.38. The third-order valence-electron chi connectivity index (χ3n) is 5.64. The molecular weight excluding hydrogens is 390 g/mol. The standard InChI is InChI=1S/C25H29N3O3/c1-16-12-17(2)28(27-16)15-18-6-8-19(9-7-18)24(29)26-22-14-25(3,4)31-23-13-20(30-5)10-11-21(22)23/h6-13,22H,14-15H2,1-5H3,(H,26,29)/t22-/m0/s1. The quantitative estimate of drug-likeness (QED) is 0.657. The van der Waals surface area contributed by atoms with Gasteiger partial charge in [0.2, 0.25) is 0 Å². The molecule has 6 nitrogen and oxygen atoms in total. The number of methoxy groups -OCH3 is 1. The van der Waals surface area contributed by atoms with E-state index in [2.05, 4.69) is 16.5 Å². The smallest absolute Gasteiger partial charge is 0.251 e. The van der Waals surface area contributed by atoms with Crippen molar-refractivity contribution < 1.29 is 14.3 Å². The van der Waals surface area contributed by atoms with Crippen molar-refractivity contribution in [2.75, 3.05) is 7.11 Å². The Bertz CT molecular complexity index is 1100. The van der Waals surface area contributed by atoms with Gasteiger partial charge >= 0.3 is 0 Å². The Morgan fingerprint density at radius 1 is 1.19 bits per heavy atom. The summed E-state index contributed by atoms with van der Waals surface area (Å²) >= 11 is 0. The zero-order chi connectivity index (χ0) is 22.2. The molecule has 1 aliphatic rings. The fourth-order valence-corrected chi connectivity index (χ4v) is 4.10. The molecule has 1 atom stereocenters.